The second-order valence-electron chi connectivity index (χ2n) is 3.19. The summed E-state index contributed by atoms with van der Waals surface area (Å²) in [4.78, 5) is 17.9. The second kappa shape index (κ2) is 13.5. The minimum Gasteiger partial charge on any atom is -0.870 e. The standard InChI is InChI=1S/C6H14N2.C2H2O4.2H2O.Pt/c7-5-3-1-2-4-6(5)8;3-1(4)2(5)6;;;/h5-6H,1-4,7-8H2;(H,3,4)(H,5,6);2*1H2;/q;;;;+4/p-4/t5-,6-;;;;/m1..../s1. The molecule has 8 nitrogen and oxygen atoms in total. The molecule has 2 atom stereocenters. The summed E-state index contributed by atoms with van der Waals surface area (Å²) >= 11 is 0. The van der Waals surface area contributed by atoms with Crippen LogP contribution in [0.2, 0.25) is 0 Å². The van der Waals surface area contributed by atoms with Crippen LogP contribution in [0.25, 0.3) is 0 Å². The molecule has 1 aliphatic rings. The number of rotatable bonds is 0. The van der Waals surface area contributed by atoms with Gasteiger partial charge < -0.3 is 42.2 Å². The SMILES string of the molecule is N[C@@H]1CCCC[C@H]1N.O=C([O-])C(=O)[O-].[OH-].[OH-].[Pt+4]. The molecule has 0 unspecified atom stereocenters. The van der Waals surface area contributed by atoms with Gasteiger partial charge in [0, 0.05) is 12.1 Å². The van der Waals surface area contributed by atoms with Crippen molar-refractivity contribution in [3.05, 3.63) is 0 Å². The summed E-state index contributed by atoms with van der Waals surface area (Å²) in [5, 5.41) is 17.9. The predicted molar refractivity (Wildman–Crippen MR) is 48.3 cm³/mol. The molecule has 0 spiro atoms. The minimum absolute atomic E-state index is 0. The molecule has 0 amide bonds. The molecule has 17 heavy (non-hydrogen) atoms. The molecule has 1 saturated carbocycles. The number of carboxylic acid groups (broad SMARTS) is 2. The first-order valence-corrected chi connectivity index (χ1v) is 4.38. The van der Waals surface area contributed by atoms with Crippen LogP contribution in [-0.4, -0.2) is 35.0 Å². The van der Waals surface area contributed by atoms with Crippen molar-refractivity contribution in [3.8, 4) is 0 Å². The molecule has 6 N–H and O–H groups in total. The topological polar surface area (TPSA) is 192 Å². The van der Waals surface area contributed by atoms with Crippen molar-refractivity contribution in [2.24, 2.45) is 11.5 Å². The zero-order valence-corrected chi connectivity index (χ0v) is 11.3. The molecule has 1 fully saturated rings. The fourth-order valence-electron chi connectivity index (χ4n) is 1.19. The van der Waals surface area contributed by atoms with Gasteiger partial charge in [0.05, 0.1) is 11.9 Å². The van der Waals surface area contributed by atoms with Crippen molar-refractivity contribution in [1.29, 1.82) is 0 Å². The van der Waals surface area contributed by atoms with E-state index in [0.717, 1.165) is 12.8 Å². The zero-order chi connectivity index (χ0) is 11.1. The average molecular weight is 431 g/mol. The van der Waals surface area contributed by atoms with Gasteiger partial charge in [0.25, 0.3) is 0 Å². The largest absolute Gasteiger partial charge is 4.00 e. The maximum Gasteiger partial charge on any atom is 4.00 e. The van der Waals surface area contributed by atoms with Crippen LogP contribution in [0.5, 0.6) is 0 Å². The summed E-state index contributed by atoms with van der Waals surface area (Å²) in [5.41, 5.74) is 11.3. The summed E-state index contributed by atoms with van der Waals surface area (Å²) in [6, 6.07) is 0.562. The number of carbonyl (C=O) groups is 2. The molecule has 0 heterocycles. The molecule has 0 bridgehead atoms. The Balaban J connectivity index is -0.0000000873. The summed E-state index contributed by atoms with van der Waals surface area (Å²) in [5.74, 6) is -4.37. The van der Waals surface area contributed by atoms with Crippen LogP contribution in [0.4, 0.5) is 0 Å². The Morgan fingerprint density at radius 3 is 1.24 bits per heavy atom. The number of hydrogen-bond acceptors (Lipinski definition) is 8. The number of hydrogen-bond donors (Lipinski definition) is 2. The first-order valence-electron chi connectivity index (χ1n) is 4.38. The Morgan fingerprint density at radius 2 is 1.12 bits per heavy atom. The number of carboxylic acids is 2. The van der Waals surface area contributed by atoms with Crippen LogP contribution in [-0.2, 0) is 30.7 Å². The fourth-order valence-corrected chi connectivity index (χ4v) is 1.19. The van der Waals surface area contributed by atoms with Crippen LogP contribution >= 0.6 is 0 Å². The van der Waals surface area contributed by atoms with Gasteiger partial charge in [0.2, 0.25) is 0 Å². The van der Waals surface area contributed by atoms with Gasteiger partial charge >= 0.3 is 21.1 Å². The van der Waals surface area contributed by atoms with Crippen LogP contribution in [0, 0.1) is 0 Å². The van der Waals surface area contributed by atoms with Crippen molar-refractivity contribution in [2.75, 3.05) is 0 Å². The minimum atomic E-state index is -2.19. The van der Waals surface area contributed by atoms with E-state index in [2.05, 4.69) is 0 Å². The van der Waals surface area contributed by atoms with Crippen molar-refractivity contribution in [3.63, 3.8) is 0 Å². The van der Waals surface area contributed by atoms with Crippen LogP contribution in [0.1, 0.15) is 25.7 Å². The summed E-state index contributed by atoms with van der Waals surface area (Å²) in [6.07, 6.45) is 4.80. The predicted octanol–water partition coefficient (Wildman–Crippen LogP) is -3.65. The van der Waals surface area contributed by atoms with E-state index in [1.165, 1.54) is 12.8 Å². The quantitative estimate of drug-likeness (QED) is 0.367. The van der Waals surface area contributed by atoms with E-state index in [-0.39, 0.29) is 44.1 Å². The van der Waals surface area contributed by atoms with Gasteiger partial charge in [0.1, 0.15) is 0 Å². The van der Waals surface area contributed by atoms with Crippen molar-refractivity contribution in [2.45, 2.75) is 37.8 Å². The summed E-state index contributed by atoms with van der Waals surface area (Å²) in [6.45, 7) is 0. The van der Waals surface area contributed by atoms with E-state index in [0.29, 0.717) is 0 Å². The van der Waals surface area contributed by atoms with Gasteiger partial charge in [-0.05, 0) is 12.8 Å². The van der Waals surface area contributed by atoms with Gasteiger partial charge in [-0.3, -0.25) is 0 Å². The average Bonchev–Trinajstić information content (AvgIpc) is 2.11. The van der Waals surface area contributed by atoms with E-state index < -0.39 is 11.9 Å². The maximum atomic E-state index is 8.93. The molecular formula is C8H16N2O6Pt. The van der Waals surface area contributed by atoms with Crippen LogP contribution < -0.4 is 21.7 Å². The normalized spacial score (nSPS) is 21.3. The Bertz CT molecular complexity index is 194. The Hall–Kier alpha value is -0.532. The van der Waals surface area contributed by atoms with Gasteiger partial charge in [-0.15, -0.1) is 0 Å². The first-order chi connectivity index (χ1) is 6.45. The smallest absolute Gasteiger partial charge is 0.870 e. The Labute approximate surface area is 113 Å². The first kappa shape index (κ1) is 25.3. The van der Waals surface area contributed by atoms with E-state index in [1.807, 2.05) is 0 Å². The van der Waals surface area contributed by atoms with E-state index in [4.69, 9.17) is 31.3 Å². The third-order valence-corrected chi connectivity index (χ3v) is 2.04. The molecular weight excluding hydrogens is 415 g/mol. The van der Waals surface area contributed by atoms with E-state index in [9.17, 15) is 0 Å². The Kier molecular flexibility index (Phi) is 20.2. The molecule has 104 valence electrons. The third-order valence-electron chi connectivity index (χ3n) is 2.04. The van der Waals surface area contributed by atoms with Gasteiger partial charge in [-0.1, -0.05) is 12.8 Å². The maximum absolute atomic E-state index is 8.93. The zero-order valence-electron chi connectivity index (χ0n) is 8.98. The number of carbonyl (C=O) groups excluding carboxylic acids is 2. The van der Waals surface area contributed by atoms with E-state index in [1.54, 1.807) is 0 Å². The van der Waals surface area contributed by atoms with Gasteiger partial charge in [-0.25, -0.2) is 0 Å². The Morgan fingerprint density at radius 1 is 0.882 bits per heavy atom. The van der Waals surface area contributed by atoms with Crippen LogP contribution in [0.3, 0.4) is 0 Å². The fraction of sp³-hybridized carbons (Fsp3) is 0.750. The molecule has 0 aliphatic heterocycles. The van der Waals surface area contributed by atoms with Crippen molar-refractivity contribution >= 4 is 11.9 Å². The second-order valence-corrected chi connectivity index (χ2v) is 3.19. The molecule has 9 heteroatoms. The van der Waals surface area contributed by atoms with Crippen molar-refractivity contribution in [1.82, 2.24) is 0 Å². The monoisotopic (exact) mass is 431 g/mol. The molecule has 0 aromatic rings. The molecule has 0 saturated heterocycles. The third kappa shape index (κ3) is 13.4. The van der Waals surface area contributed by atoms with E-state index >= 15 is 0 Å². The van der Waals surface area contributed by atoms with Crippen molar-refractivity contribution < 1.29 is 51.8 Å². The molecule has 0 radical (unpaired) electrons. The van der Waals surface area contributed by atoms with Gasteiger partial charge in [0.15, 0.2) is 0 Å². The summed E-state index contributed by atoms with van der Waals surface area (Å²) in [7, 11) is 0. The number of aliphatic carboxylic acids is 2. The van der Waals surface area contributed by atoms with Gasteiger partial charge in [-0.2, -0.15) is 0 Å². The van der Waals surface area contributed by atoms with Crippen LogP contribution in [0.15, 0.2) is 0 Å². The molecule has 0 aromatic carbocycles. The number of nitrogens with two attached hydrogens (primary N) is 2. The molecule has 0 aromatic heterocycles. The summed E-state index contributed by atoms with van der Waals surface area (Å²) < 4.78 is 0. The molecule has 1 aliphatic carbocycles. The molecule has 1 rings (SSSR count).